The average Bonchev–Trinajstić information content (AvgIpc) is 3.68. The minimum absolute atomic E-state index is 0.000127. The van der Waals surface area contributed by atoms with Gasteiger partial charge in [-0.15, -0.1) is 0 Å². The molecular weight excluding hydrogens is 583 g/mol. The van der Waals surface area contributed by atoms with Crippen LogP contribution < -0.4 is 9.64 Å². The largest absolute Gasteiger partial charge is 0.508 e. The van der Waals surface area contributed by atoms with Gasteiger partial charge in [-0.1, -0.05) is 13.0 Å². The van der Waals surface area contributed by atoms with Crippen LogP contribution in [0.5, 0.6) is 11.8 Å². The molecule has 3 saturated heterocycles. The second-order valence-electron chi connectivity index (χ2n) is 13.3. The van der Waals surface area contributed by atoms with Gasteiger partial charge in [-0.25, -0.2) is 13.2 Å². The van der Waals surface area contributed by atoms with Crippen LogP contribution in [0.25, 0.3) is 32.9 Å². The molecule has 2 N–H and O–H groups in total. The van der Waals surface area contributed by atoms with Crippen LogP contribution in [0.2, 0.25) is 0 Å². The van der Waals surface area contributed by atoms with E-state index in [-0.39, 0.29) is 47.1 Å². The maximum Gasteiger partial charge on any atom is 0.319 e. The van der Waals surface area contributed by atoms with Crippen molar-refractivity contribution in [3.63, 3.8) is 0 Å². The third kappa shape index (κ3) is 4.61. The number of hydrogen-bond acceptors (Lipinski definition) is 8. The predicted octanol–water partition coefficient (Wildman–Crippen LogP) is 5.70. The molecule has 0 radical (unpaired) electrons. The summed E-state index contributed by atoms with van der Waals surface area (Å²) in [5, 5.41) is 22.6. The summed E-state index contributed by atoms with van der Waals surface area (Å²) in [6, 6.07) is 5.97. The van der Waals surface area contributed by atoms with E-state index in [1.807, 2.05) is 6.92 Å². The number of pyridine rings is 1. The van der Waals surface area contributed by atoms with Gasteiger partial charge in [0, 0.05) is 43.2 Å². The molecule has 2 bridgehead atoms. The van der Waals surface area contributed by atoms with Crippen LogP contribution in [0.15, 0.2) is 30.5 Å². The number of alkyl halides is 1. The Hall–Kier alpha value is -3.70. The Labute approximate surface area is 258 Å². The molecule has 4 fully saturated rings. The molecule has 5 heterocycles. The molecule has 4 aromatic rings. The van der Waals surface area contributed by atoms with Gasteiger partial charge in [-0.2, -0.15) is 9.97 Å². The highest BCUT2D eigenvalue weighted by Crippen LogP contribution is 2.44. The number of ether oxygens (including phenoxy) is 1. The molecule has 3 aliphatic heterocycles. The minimum Gasteiger partial charge on any atom is -0.508 e. The normalized spacial score (nSPS) is 28.0. The lowest BCUT2D eigenvalue weighted by Gasteiger charge is -2.31. The van der Waals surface area contributed by atoms with Crippen LogP contribution in [0.4, 0.5) is 19.0 Å². The molecule has 0 spiro atoms. The predicted molar refractivity (Wildman–Crippen MR) is 164 cm³/mol. The van der Waals surface area contributed by atoms with Crippen LogP contribution in [0, 0.1) is 17.6 Å². The van der Waals surface area contributed by atoms with E-state index in [4.69, 9.17) is 9.72 Å². The van der Waals surface area contributed by atoms with Crippen LogP contribution in [-0.4, -0.2) is 80.2 Å². The van der Waals surface area contributed by atoms with Crippen molar-refractivity contribution in [3.05, 3.63) is 47.7 Å². The number of aliphatic hydroxyl groups excluding tert-OH is 1. The van der Waals surface area contributed by atoms with Crippen molar-refractivity contribution in [2.45, 2.75) is 75.7 Å². The van der Waals surface area contributed by atoms with Gasteiger partial charge in [-0.3, -0.25) is 9.88 Å². The number of nitrogens with zero attached hydrogens (tertiary/aromatic N) is 5. The third-order valence-electron chi connectivity index (χ3n) is 10.7. The van der Waals surface area contributed by atoms with Crippen molar-refractivity contribution in [1.82, 2.24) is 19.9 Å². The molecule has 0 amide bonds. The first-order chi connectivity index (χ1) is 21.7. The summed E-state index contributed by atoms with van der Waals surface area (Å²) < 4.78 is 52.5. The molecule has 11 heteroatoms. The van der Waals surface area contributed by atoms with E-state index in [0.717, 1.165) is 32.2 Å². The number of aromatic hydroxyl groups is 1. The quantitative estimate of drug-likeness (QED) is 0.284. The molecule has 3 unspecified atom stereocenters. The standard InChI is InChI=1S/C34H36F3N5O3/c1-2-23-26(36)6-4-18-11-22(43)12-24(28(18)23)30-29(37)31-25(14-38-30)32(42-15-19-10-21(42)5-7-27(19)44)40-33(39-31)45-17-34-8-3-9-41(34)16-20(35)13-34/h4,6,11-12,14,19-21,27,43-44H,2-3,5,7-10,13,15-17H2,1H3/t19?,20-,21?,27?,34-/m1/s1. The van der Waals surface area contributed by atoms with Gasteiger partial charge in [-0.05, 0) is 79.6 Å². The fourth-order valence-corrected chi connectivity index (χ4v) is 8.54. The molecule has 4 aliphatic rings. The zero-order chi connectivity index (χ0) is 31.0. The van der Waals surface area contributed by atoms with E-state index in [2.05, 4.69) is 19.8 Å². The van der Waals surface area contributed by atoms with Crippen molar-refractivity contribution in [3.8, 4) is 23.0 Å². The number of halogens is 3. The molecule has 1 saturated carbocycles. The highest BCUT2D eigenvalue weighted by atomic mass is 19.1. The number of fused-ring (bicyclic) bond motifs is 5. The van der Waals surface area contributed by atoms with Crippen molar-refractivity contribution in [1.29, 1.82) is 0 Å². The van der Waals surface area contributed by atoms with Gasteiger partial charge in [0.25, 0.3) is 0 Å². The van der Waals surface area contributed by atoms with E-state index in [9.17, 15) is 19.0 Å². The van der Waals surface area contributed by atoms with Crippen LogP contribution in [0.1, 0.15) is 51.0 Å². The zero-order valence-corrected chi connectivity index (χ0v) is 25.1. The molecule has 8 nitrogen and oxygen atoms in total. The first-order valence-corrected chi connectivity index (χ1v) is 16.0. The molecule has 8 rings (SSSR count). The molecule has 2 aromatic heterocycles. The molecule has 2 aromatic carbocycles. The van der Waals surface area contributed by atoms with Gasteiger partial charge in [0.15, 0.2) is 5.82 Å². The van der Waals surface area contributed by atoms with Gasteiger partial charge in [0.2, 0.25) is 0 Å². The van der Waals surface area contributed by atoms with E-state index in [1.165, 1.54) is 24.4 Å². The number of rotatable bonds is 6. The molecule has 1 aliphatic carbocycles. The Morgan fingerprint density at radius 1 is 1.13 bits per heavy atom. The van der Waals surface area contributed by atoms with Crippen molar-refractivity contribution >= 4 is 27.5 Å². The Morgan fingerprint density at radius 2 is 2.00 bits per heavy atom. The summed E-state index contributed by atoms with van der Waals surface area (Å²) in [4.78, 5) is 18.2. The SMILES string of the molecule is CCc1c(F)ccc2cc(O)cc(-c3ncc4c(N5CC6CC5CCC6O)nc(OC[C@]56CCCN5C[C@H](F)C6)nc4c3F)c12. The summed E-state index contributed by atoms with van der Waals surface area (Å²) in [6.45, 7) is 3.78. The topological polar surface area (TPSA) is 94.8 Å². The van der Waals surface area contributed by atoms with Crippen LogP contribution >= 0.6 is 0 Å². The summed E-state index contributed by atoms with van der Waals surface area (Å²) in [7, 11) is 0. The first kappa shape index (κ1) is 28.8. The number of benzene rings is 2. The second-order valence-corrected chi connectivity index (χ2v) is 13.3. The monoisotopic (exact) mass is 619 g/mol. The summed E-state index contributed by atoms with van der Waals surface area (Å²) in [5.74, 6) is -0.658. The van der Waals surface area contributed by atoms with Gasteiger partial charge < -0.3 is 19.8 Å². The Kier molecular flexibility index (Phi) is 6.83. The fraction of sp³-hybridized carbons (Fsp3) is 0.500. The number of anilines is 1. The second kappa shape index (κ2) is 10.7. The molecule has 5 atom stereocenters. The van der Waals surface area contributed by atoms with Crippen LogP contribution in [0.3, 0.4) is 0 Å². The van der Waals surface area contributed by atoms with E-state index in [0.29, 0.717) is 59.9 Å². The zero-order valence-electron chi connectivity index (χ0n) is 25.1. The van der Waals surface area contributed by atoms with Crippen LogP contribution in [-0.2, 0) is 6.42 Å². The summed E-state index contributed by atoms with van der Waals surface area (Å²) in [5.41, 5.74) is 0.177. The number of aromatic nitrogens is 3. The minimum atomic E-state index is -0.918. The number of aryl methyl sites for hydroxylation is 1. The Morgan fingerprint density at radius 3 is 2.82 bits per heavy atom. The fourth-order valence-electron chi connectivity index (χ4n) is 8.54. The number of phenolic OH excluding ortho intramolecular Hbond substituents is 1. The number of phenols is 1. The number of hydrogen-bond donors (Lipinski definition) is 2. The number of aliphatic hydroxyl groups is 1. The molecular formula is C34H36F3N5O3. The molecule has 45 heavy (non-hydrogen) atoms. The van der Waals surface area contributed by atoms with Crippen molar-refractivity contribution in [2.24, 2.45) is 5.92 Å². The lowest BCUT2D eigenvalue weighted by Crippen LogP contribution is -2.43. The van der Waals surface area contributed by atoms with Crippen molar-refractivity contribution < 1.29 is 28.1 Å². The maximum atomic E-state index is 16.8. The highest BCUT2D eigenvalue weighted by molar-refractivity contribution is 6.01. The first-order valence-electron chi connectivity index (χ1n) is 16.0. The lowest BCUT2D eigenvalue weighted by molar-refractivity contribution is 0.0896. The van der Waals surface area contributed by atoms with Gasteiger partial charge >= 0.3 is 6.01 Å². The van der Waals surface area contributed by atoms with E-state index in [1.54, 1.807) is 6.07 Å². The van der Waals surface area contributed by atoms with Gasteiger partial charge in [0.1, 0.15) is 41.4 Å². The average molecular weight is 620 g/mol. The summed E-state index contributed by atoms with van der Waals surface area (Å²) in [6.07, 6.45) is 5.02. The maximum absolute atomic E-state index is 16.8. The molecule has 236 valence electrons. The van der Waals surface area contributed by atoms with E-state index >= 15 is 4.39 Å². The Bertz CT molecular complexity index is 1820. The van der Waals surface area contributed by atoms with Gasteiger partial charge in [0.05, 0.1) is 17.0 Å². The lowest BCUT2D eigenvalue weighted by atomic mass is 9.88. The summed E-state index contributed by atoms with van der Waals surface area (Å²) >= 11 is 0. The highest BCUT2D eigenvalue weighted by Gasteiger charge is 2.49. The van der Waals surface area contributed by atoms with Crippen molar-refractivity contribution in [2.75, 3.05) is 31.1 Å². The van der Waals surface area contributed by atoms with E-state index < -0.39 is 29.4 Å². The smallest absolute Gasteiger partial charge is 0.319 e. The Balaban J connectivity index is 1.28. The third-order valence-corrected chi connectivity index (χ3v) is 10.7.